The summed E-state index contributed by atoms with van der Waals surface area (Å²) in [4.78, 5) is 23.5. The largest absolute Gasteiger partial charge is 0.508 e. The zero-order valence-electron chi connectivity index (χ0n) is 22.6. The van der Waals surface area contributed by atoms with E-state index in [0.717, 1.165) is 5.56 Å². The van der Waals surface area contributed by atoms with Gasteiger partial charge in [0.15, 0.2) is 0 Å². The monoisotopic (exact) mass is 585 g/mol. The number of benzene rings is 3. The molecule has 12 heteroatoms. The molecule has 220 valence electrons. The van der Waals surface area contributed by atoms with E-state index in [1.165, 1.54) is 36.4 Å². The summed E-state index contributed by atoms with van der Waals surface area (Å²) in [6.07, 6.45) is 0.685. The summed E-state index contributed by atoms with van der Waals surface area (Å²) in [7, 11) is -3.89. The predicted octanol–water partition coefficient (Wildman–Crippen LogP) is 3.20. The maximum absolute atomic E-state index is 12.8. The Bertz CT molecular complexity index is 1380. The number of carbonyl (C=O) groups is 2. The predicted molar refractivity (Wildman–Crippen MR) is 155 cm³/mol. The molecule has 0 aliphatic heterocycles. The molecule has 2 atom stereocenters. The molecule has 0 aliphatic carbocycles. The summed E-state index contributed by atoms with van der Waals surface area (Å²) in [5.41, 5.74) is 1.65. The molecule has 0 heterocycles. The van der Waals surface area contributed by atoms with Gasteiger partial charge in [-0.05, 0) is 85.6 Å². The Morgan fingerprint density at radius 3 is 2.17 bits per heavy atom. The van der Waals surface area contributed by atoms with Gasteiger partial charge in [0.05, 0.1) is 4.90 Å². The number of carboxylic acids is 1. The molecule has 0 bridgehead atoms. The molecule has 1 amide bonds. The molecular formula is C29H35N3O8S. The molecule has 0 radical (unpaired) electrons. The molecule has 0 spiro atoms. The van der Waals surface area contributed by atoms with Gasteiger partial charge < -0.3 is 30.7 Å². The molecule has 0 aliphatic rings. The number of aliphatic hydroxyl groups excluding tert-OH is 1. The van der Waals surface area contributed by atoms with Crippen LogP contribution in [0, 0.1) is 5.92 Å². The lowest BCUT2D eigenvalue weighted by Gasteiger charge is -2.14. The first-order chi connectivity index (χ1) is 19.6. The number of ether oxygens (including phenoxy) is 1. The summed E-state index contributed by atoms with van der Waals surface area (Å²) in [5.74, 6) is -2.34. The topological polar surface area (TPSA) is 174 Å². The number of amides is 1. The van der Waals surface area contributed by atoms with Gasteiger partial charge in [-0.25, -0.2) is 8.42 Å². The molecule has 11 nitrogen and oxygen atoms in total. The Balaban J connectivity index is 1.43. The summed E-state index contributed by atoms with van der Waals surface area (Å²) in [6.45, 7) is 2.82. The second kappa shape index (κ2) is 15.0. The van der Waals surface area contributed by atoms with Crippen molar-refractivity contribution in [3.05, 3.63) is 78.4 Å². The van der Waals surface area contributed by atoms with Crippen LogP contribution in [0.1, 0.15) is 25.3 Å². The zero-order chi connectivity index (χ0) is 29.8. The van der Waals surface area contributed by atoms with Crippen molar-refractivity contribution in [3.8, 4) is 11.5 Å². The summed E-state index contributed by atoms with van der Waals surface area (Å²) < 4.78 is 33.6. The summed E-state index contributed by atoms with van der Waals surface area (Å²) in [6, 6.07) is 18.6. The Kier molecular flexibility index (Phi) is 11.5. The third kappa shape index (κ3) is 10.1. The first-order valence-electron chi connectivity index (χ1n) is 13.1. The van der Waals surface area contributed by atoms with Crippen LogP contribution in [-0.2, 0) is 26.0 Å². The average molecular weight is 586 g/mol. The Hall–Kier alpha value is -4.13. The number of carboxylic acid groups (broad SMARTS) is 1. The van der Waals surface area contributed by atoms with Crippen LogP contribution in [0.2, 0.25) is 0 Å². The van der Waals surface area contributed by atoms with Gasteiger partial charge in [0, 0.05) is 17.9 Å². The van der Waals surface area contributed by atoms with Crippen LogP contribution in [0.5, 0.6) is 11.5 Å². The smallest absolute Gasteiger partial charge is 0.316 e. The van der Waals surface area contributed by atoms with E-state index >= 15 is 0 Å². The van der Waals surface area contributed by atoms with Gasteiger partial charge in [-0.1, -0.05) is 25.5 Å². The molecule has 0 saturated carbocycles. The van der Waals surface area contributed by atoms with Gasteiger partial charge in [0.25, 0.3) is 10.0 Å². The van der Waals surface area contributed by atoms with Gasteiger partial charge in [-0.15, -0.1) is 0 Å². The van der Waals surface area contributed by atoms with Crippen molar-refractivity contribution in [2.45, 2.75) is 37.2 Å². The molecule has 0 saturated heterocycles. The van der Waals surface area contributed by atoms with Crippen molar-refractivity contribution >= 4 is 33.3 Å². The van der Waals surface area contributed by atoms with Gasteiger partial charge in [-0.2, -0.15) is 0 Å². The fourth-order valence-corrected chi connectivity index (χ4v) is 4.91. The van der Waals surface area contributed by atoms with E-state index in [9.17, 15) is 33.3 Å². The van der Waals surface area contributed by atoms with Crippen LogP contribution in [0.3, 0.4) is 0 Å². The van der Waals surface area contributed by atoms with E-state index in [1.807, 2.05) is 0 Å². The Labute approximate surface area is 239 Å². The van der Waals surface area contributed by atoms with Gasteiger partial charge in [-0.3, -0.25) is 14.3 Å². The molecule has 0 fully saturated rings. The van der Waals surface area contributed by atoms with Crippen LogP contribution in [0.15, 0.2) is 77.7 Å². The summed E-state index contributed by atoms with van der Waals surface area (Å²) >= 11 is 0. The molecule has 3 aromatic carbocycles. The molecule has 6 N–H and O–H groups in total. The van der Waals surface area contributed by atoms with E-state index in [4.69, 9.17) is 4.74 Å². The van der Waals surface area contributed by atoms with Crippen LogP contribution < -0.4 is 20.1 Å². The lowest BCUT2D eigenvalue weighted by Crippen LogP contribution is -2.32. The fraction of sp³-hybridized carbons (Fsp3) is 0.310. The normalized spacial score (nSPS) is 12.7. The van der Waals surface area contributed by atoms with Gasteiger partial charge in [0.2, 0.25) is 5.91 Å². The Morgan fingerprint density at radius 1 is 0.927 bits per heavy atom. The minimum atomic E-state index is -3.89. The van der Waals surface area contributed by atoms with Crippen molar-refractivity contribution < 1.29 is 38.1 Å². The third-order valence-electron chi connectivity index (χ3n) is 6.08. The number of anilines is 2. The molecular weight excluding hydrogens is 550 g/mol. The summed E-state index contributed by atoms with van der Waals surface area (Å²) in [5, 5.41) is 34.2. The second-order valence-corrected chi connectivity index (χ2v) is 11.1. The maximum Gasteiger partial charge on any atom is 0.316 e. The van der Waals surface area contributed by atoms with Crippen LogP contribution in [-0.4, -0.2) is 61.4 Å². The van der Waals surface area contributed by atoms with Crippen molar-refractivity contribution in [1.82, 2.24) is 5.32 Å². The van der Waals surface area contributed by atoms with E-state index in [0.29, 0.717) is 43.1 Å². The standard InChI is InChI=1S/C29H35N3O8S/c1-2-3-27(29(36)37)28(35)31-21-8-14-26(15-9-21)41(38,39)32-22-6-4-20(5-7-22)16-17-30-18-24(34)19-40-25-12-10-23(33)11-13-25/h4-15,24,27,30,32-34H,2-3,16-19H2,1H3,(H,31,35)(H,36,37). The first-order valence-corrected chi connectivity index (χ1v) is 14.6. The minimum Gasteiger partial charge on any atom is -0.508 e. The van der Waals surface area contributed by atoms with Crippen molar-refractivity contribution in [3.63, 3.8) is 0 Å². The van der Waals surface area contributed by atoms with E-state index < -0.39 is 33.9 Å². The molecule has 0 aromatic heterocycles. The lowest BCUT2D eigenvalue weighted by atomic mass is 10.0. The molecule has 3 aromatic rings. The number of sulfonamides is 1. The number of hydrogen-bond donors (Lipinski definition) is 6. The number of phenols is 1. The van der Waals surface area contributed by atoms with Crippen LogP contribution >= 0.6 is 0 Å². The minimum absolute atomic E-state index is 0.0138. The van der Waals surface area contributed by atoms with E-state index in [2.05, 4.69) is 15.4 Å². The number of nitrogens with one attached hydrogen (secondary N) is 3. The SMILES string of the molecule is CCCC(C(=O)O)C(=O)Nc1ccc(S(=O)(=O)Nc2ccc(CCNCC(O)COc3ccc(O)cc3)cc2)cc1. The number of rotatable bonds is 16. The zero-order valence-corrected chi connectivity index (χ0v) is 23.4. The van der Waals surface area contributed by atoms with Gasteiger partial charge in [0.1, 0.15) is 30.1 Å². The number of aromatic hydroxyl groups is 1. The average Bonchev–Trinajstić information content (AvgIpc) is 2.94. The third-order valence-corrected chi connectivity index (χ3v) is 7.48. The second-order valence-electron chi connectivity index (χ2n) is 9.41. The quantitative estimate of drug-likeness (QED) is 0.109. The lowest BCUT2D eigenvalue weighted by molar-refractivity contribution is -0.145. The molecule has 2 unspecified atom stereocenters. The highest BCUT2D eigenvalue weighted by Crippen LogP contribution is 2.20. The van der Waals surface area contributed by atoms with Crippen LogP contribution in [0.25, 0.3) is 0 Å². The Morgan fingerprint density at radius 2 is 1.56 bits per heavy atom. The van der Waals surface area contributed by atoms with E-state index in [-0.39, 0.29) is 23.7 Å². The highest BCUT2D eigenvalue weighted by Gasteiger charge is 2.25. The number of hydrogen-bond acceptors (Lipinski definition) is 8. The van der Waals surface area contributed by atoms with Crippen molar-refractivity contribution in [1.29, 1.82) is 0 Å². The number of phenolic OH excluding ortho intramolecular Hbond substituents is 1. The molecule has 3 rings (SSSR count). The highest BCUT2D eigenvalue weighted by atomic mass is 32.2. The number of aliphatic hydroxyl groups is 1. The highest BCUT2D eigenvalue weighted by molar-refractivity contribution is 7.92. The fourth-order valence-electron chi connectivity index (χ4n) is 3.85. The van der Waals surface area contributed by atoms with Crippen molar-refractivity contribution in [2.24, 2.45) is 5.92 Å². The van der Waals surface area contributed by atoms with Gasteiger partial charge >= 0.3 is 5.97 Å². The van der Waals surface area contributed by atoms with Crippen LogP contribution in [0.4, 0.5) is 11.4 Å². The first kappa shape index (κ1) is 31.4. The van der Waals surface area contributed by atoms with Crippen molar-refractivity contribution in [2.75, 3.05) is 29.7 Å². The number of aliphatic carboxylic acids is 1. The molecule has 41 heavy (non-hydrogen) atoms. The number of carbonyl (C=O) groups excluding carboxylic acids is 1. The maximum atomic E-state index is 12.8. The van der Waals surface area contributed by atoms with E-state index in [1.54, 1.807) is 43.3 Å².